The van der Waals surface area contributed by atoms with Crippen LogP contribution >= 0.6 is 0 Å². The number of nitrogens with one attached hydrogen (secondary N) is 1. The molecule has 9 nitrogen and oxygen atoms in total. The van der Waals surface area contributed by atoms with E-state index in [1.165, 1.54) is 0 Å². The van der Waals surface area contributed by atoms with Gasteiger partial charge < -0.3 is 0 Å². The van der Waals surface area contributed by atoms with Crippen molar-refractivity contribution in [2.45, 2.75) is 44.9 Å². The van der Waals surface area contributed by atoms with Gasteiger partial charge in [0.2, 0.25) is 0 Å². The first-order valence-electron chi connectivity index (χ1n) is 13.1. The zero-order valence-electron chi connectivity index (χ0n) is 22.8. The second-order valence-corrected chi connectivity index (χ2v) is 14.1. The Morgan fingerprint density at radius 2 is 1.24 bits per heavy atom. The molecule has 0 amide bonds. The molecule has 0 saturated carbocycles. The molecule has 11 heteroatoms. The van der Waals surface area contributed by atoms with Crippen LogP contribution in [0.3, 0.4) is 0 Å². The first-order chi connectivity index (χ1) is 19.7. The van der Waals surface area contributed by atoms with Gasteiger partial charge in [-0.15, -0.1) is 0 Å². The molecule has 0 aliphatic heterocycles. The zero-order chi connectivity index (χ0) is 29.5. The number of hydrogen-bond donors (Lipinski definition) is 3. The van der Waals surface area contributed by atoms with Gasteiger partial charge in [0.25, 0.3) is 0 Å². The number of ether oxygens (including phenoxy) is 2. The van der Waals surface area contributed by atoms with Crippen molar-refractivity contribution < 1.29 is 38.9 Å². The average molecular weight is 691 g/mol. The van der Waals surface area contributed by atoms with Crippen molar-refractivity contribution in [3.63, 3.8) is 0 Å². The van der Waals surface area contributed by atoms with Crippen LogP contribution in [-0.4, -0.2) is 83.5 Å². The predicted octanol–water partition coefficient (Wildman–Crippen LogP) is 4.65. The van der Waals surface area contributed by atoms with E-state index in [2.05, 4.69) is 11.4 Å². The van der Waals surface area contributed by atoms with E-state index in [0.717, 1.165) is 55.6 Å². The first-order valence-corrected chi connectivity index (χ1v) is 16.6. The van der Waals surface area contributed by atoms with Gasteiger partial charge in [0.15, 0.2) is 0 Å². The minimum atomic E-state index is -0.974. The molecule has 0 bridgehead atoms. The average Bonchev–Trinajstić information content (AvgIpc) is 3.56. The van der Waals surface area contributed by atoms with Crippen molar-refractivity contribution in [3.8, 4) is 11.5 Å². The summed E-state index contributed by atoms with van der Waals surface area (Å²) in [6.45, 7) is 0.715. The third kappa shape index (κ3) is 7.89. The quantitative estimate of drug-likeness (QED) is 0.0871. The number of Topliss-reactive ketones (excluding diaryl/α,β-unsaturated/α-hetero) is 2. The number of rotatable bonds is 16. The van der Waals surface area contributed by atoms with E-state index in [-0.39, 0.29) is 66.3 Å². The number of carbonyl (C=O) groups is 4. The molecule has 0 aliphatic carbocycles. The third-order valence-electron chi connectivity index (χ3n) is 6.63. The molecule has 216 valence electrons. The van der Waals surface area contributed by atoms with Crippen molar-refractivity contribution in [3.05, 3.63) is 50.8 Å². The number of benzene rings is 2. The Morgan fingerprint density at radius 1 is 0.707 bits per heavy atom. The zero-order valence-corrected chi connectivity index (χ0v) is 26.2. The summed E-state index contributed by atoms with van der Waals surface area (Å²) in [6.07, 6.45) is 2.30. The van der Waals surface area contributed by atoms with Crippen molar-refractivity contribution >= 4 is 77.5 Å². The fourth-order valence-electron chi connectivity index (χ4n) is 4.50. The Bertz CT molecular complexity index is 1490. The molecule has 41 heavy (non-hydrogen) atoms. The number of aryl methyl sites for hydroxylation is 1. The molecular formula is C30H31NO8Se2. The van der Waals surface area contributed by atoms with E-state index >= 15 is 0 Å². The standard InChI is InChI=1S/C30H31NO8Se2/c1-38-23-15-25-18(13-27(40-25)21(32)6-8-29(34)35)11-17(23)5-3-4-10-31-20-12-19-14-28(22(33)7-9-30(36)37)41-26(19)16-24(20)39-2/h11-16,31H,3-10H2,1-2H3,(H,34,35)(H,36,37). The molecule has 0 atom stereocenters. The molecular weight excluding hydrogens is 660 g/mol. The number of unbranched alkanes of at least 4 members (excludes halogenated alkanes) is 1. The van der Waals surface area contributed by atoms with Crippen LogP contribution in [0.4, 0.5) is 5.69 Å². The Labute approximate surface area is 248 Å². The molecule has 0 spiro atoms. The summed E-state index contributed by atoms with van der Waals surface area (Å²) < 4.78 is 14.7. The Hall–Kier alpha value is -3.36. The van der Waals surface area contributed by atoms with Crippen molar-refractivity contribution in [2.24, 2.45) is 0 Å². The van der Waals surface area contributed by atoms with Crippen LogP contribution < -0.4 is 14.8 Å². The summed E-state index contributed by atoms with van der Waals surface area (Å²) in [6, 6.07) is 11.8. The monoisotopic (exact) mass is 693 g/mol. The molecule has 3 N–H and O–H groups in total. The van der Waals surface area contributed by atoms with Crippen LogP contribution in [0.5, 0.6) is 11.5 Å². The Morgan fingerprint density at radius 3 is 1.78 bits per heavy atom. The van der Waals surface area contributed by atoms with Crippen molar-refractivity contribution in [1.29, 1.82) is 0 Å². The van der Waals surface area contributed by atoms with Crippen LogP contribution in [0.25, 0.3) is 19.3 Å². The molecule has 0 fully saturated rings. The maximum absolute atomic E-state index is 12.4. The number of carboxylic acid groups (broad SMARTS) is 2. The molecule has 0 aliphatic rings. The fourth-order valence-corrected chi connectivity index (χ4v) is 8.87. The fraction of sp³-hybridized carbons (Fsp3) is 0.333. The number of anilines is 1. The van der Waals surface area contributed by atoms with Crippen LogP contribution in [0.1, 0.15) is 62.6 Å². The van der Waals surface area contributed by atoms with E-state index in [1.807, 2.05) is 30.3 Å². The summed E-state index contributed by atoms with van der Waals surface area (Å²) in [5.41, 5.74) is 1.92. The van der Waals surface area contributed by atoms with Crippen molar-refractivity contribution in [1.82, 2.24) is 0 Å². The number of carboxylic acids is 2. The van der Waals surface area contributed by atoms with E-state index in [4.69, 9.17) is 19.7 Å². The maximum atomic E-state index is 12.4. The predicted molar refractivity (Wildman–Crippen MR) is 159 cm³/mol. The molecule has 2 heterocycles. The number of ketones is 2. The van der Waals surface area contributed by atoms with Crippen LogP contribution in [0, 0.1) is 0 Å². The summed E-state index contributed by atoms with van der Waals surface area (Å²) in [7, 11) is 3.25. The van der Waals surface area contributed by atoms with Gasteiger partial charge >= 0.3 is 250 Å². The van der Waals surface area contributed by atoms with Gasteiger partial charge in [-0.2, -0.15) is 0 Å². The van der Waals surface area contributed by atoms with E-state index in [9.17, 15) is 19.2 Å². The van der Waals surface area contributed by atoms with Crippen molar-refractivity contribution in [2.75, 3.05) is 26.1 Å². The Kier molecular flexibility index (Phi) is 10.5. The molecule has 2 aromatic heterocycles. The first kappa shape index (κ1) is 30.6. The summed E-state index contributed by atoms with van der Waals surface area (Å²) in [5, 5.41) is 23.2. The van der Waals surface area contributed by atoms with E-state index in [0.29, 0.717) is 21.2 Å². The van der Waals surface area contributed by atoms with Gasteiger partial charge in [-0.25, -0.2) is 0 Å². The summed E-state index contributed by atoms with van der Waals surface area (Å²) >= 11 is -0.327. The number of fused-ring (bicyclic) bond motifs is 2. The van der Waals surface area contributed by atoms with Gasteiger partial charge in [-0.3, -0.25) is 0 Å². The number of carbonyl (C=O) groups excluding carboxylic acids is 2. The number of aliphatic carboxylic acids is 2. The second kappa shape index (κ2) is 14.0. The third-order valence-corrected chi connectivity index (χ3v) is 11.4. The molecule has 0 radical (unpaired) electrons. The van der Waals surface area contributed by atoms with Crippen LogP contribution in [0.15, 0.2) is 36.4 Å². The van der Waals surface area contributed by atoms with E-state index in [1.54, 1.807) is 14.2 Å². The van der Waals surface area contributed by atoms with Gasteiger partial charge in [-0.1, -0.05) is 0 Å². The summed E-state index contributed by atoms with van der Waals surface area (Å²) in [5.74, 6) is -0.651. The summed E-state index contributed by atoms with van der Waals surface area (Å²) in [4.78, 5) is 46.5. The van der Waals surface area contributed by atoms with E-state index < -0.39 is 11.9 Å². The van der Waals surface area contributed by atoms with Gasteiger partial charge in [0, 0.05) is 0 Å². The minimum absolute atomic E-state index is 0.0113. The van der Waals surface area contributed by atoms with Gasteiger partial charge in [-0.05, 0) is 0 Å². The topological polar surface area (TPSA) is 139 Å². The Balaban J connectivity index is 1.36. The second-order valence-electron chi connectivity index (χ2n) is 9.53. The SMILES string of the molecule is COc1cc2[se]c(C(=O)CCC(=O)O)cc2cc1CCCCNc1cc2cc(C(=O)CCC(=O)O)[se]c2cc1OC. The number of hydrogen-bond acceptors (Lipinski definition) is 7. The van der Waals surface area contributed by atoms with Gasteiger partial charge in [0.1, 0.15) is 0 Å². The normalized spacial score (nSPS) is 11.1. The number of methoxy groups -OCH3 is 2. The van der Waals surface area contributed by atoms with Crippen LogP contribution in [-0.2, 0) is 16.0 Å². The molecule has 4 rings (SSSR count). The molecule has 4 aromatic rings. The van der Waals surface area contributed by atoms with Crippen LogP contribution in [0.2, 0.25) is 0 Å². The molecule has 0 unspecified atom stereocenters. The molecule has 2 aromatic carbocycles. The molecule has 0 saturated heterocycles. The van der Waals surface area contributed by atoms with Gasteiger partial charge in [0.05, 0.1) is 0 Å².